The van der Waals surface area contributed by atoms with Gasteiger partial charge in [0.2, 0.25) is 0 Å². The molecular weight excluding hydrogens is 324 g/mol. The zero-order valence-electron chi connectivity index (χ0n) is 14.6. The molecule has 0 radical (unpaired) electrons. The van der Waals surface area contributed by atoms with Gasteiger partial charge in [0.25, 0.3) is 5.91 Å². The van der Waals surface area contributed by atoms with Gasteiger partial charge >= 0.3 is 5.97 Å². The SMILES string of the molecule is CCN(CC(=O)O)C1CCN(C(=O)c2cc(SC)ccc2C)CC1. The number of likely N-dealkylation sites (tertiary alicyclic amines) is 1. The number of piperidine rings is 1. The molecule has 1 fully saturated rings. The number of likely N-dealkylation sites (N-methyl/N-ethyl adjacent to an activating group) is 1. The van der Waals surface area contributed by atoms with E-state index in [1.54, 1.807) is 11.8 Å². The zero-order chi connectivity index (χ0) is 17.7. The van der Waals surface area contributed by atoms with Crippen molar-refractivity contribution in [3.05, 3.63) is 29.3 Å². The summed E-state index contributed by atoms with van der Waals surface area (Å²) in [7, 11) is 0. The van der Waals surface area contributed by atoms with E-state index in [0.29, 0.717) is 13.1 Å². The van der Waals surface area contributed by atoms with Gasteiger partial charge < -0.3 is 10.0 Å². The molecule has 0 spiro atoms. The summed E-state index contributed by atoms with van der Waals surface area (Å²) in [4.78, 5) is 28.8. The molecule has 1 heterocycles. The minimum atomic E-state index is -0.792. The minimum absolute atomic E-state index is 0.0734. The fraction of sp³-hybridized carbons (Fsp3) is 0.556. The Morgan fingerprint density at radius 2 is 2.00 bits per heavy atom. The number of hydrogen-bond donors (Lipinski definition) is 1. The van der Waals surface area contributed by atoms with Crippen LogP contribution in [0.3, 0.4) is 0 Å². The van der Waals surface area contributed by atoms with Crippen molar-refractivity contribution >= 4 is 23.6 Å². The number of benzene rings is 1. The summed E-state index contributed by atoms with van der Waals surface area (Å²) < 4.78 is 0. The van der Waals surface area contributed by atoms with Gasteiger partial charge in [-0.05, 0) is 50.3 Å². The van der Waals surface area contributed by atoms with Gasteiger partial charge in [-0.1, -0.05) is 13.0 Å². The number of nitrogens with zero attached hydrogens (tertiary/aromatic N) is 2. The van der Waals surface area contributed by atoms with E-state index in [2.05, 4.69) is 0 Å². The Labute approximate surface area is 148 Å². The molecule has 2 rings (SSSR count). The molecule has 1 amide bonds. The van der Waals surface area contributed by atoms with Crippen LogP contribution in [0.15, 0.2) is 23.1 Å². The Morgan fingerprint density at radius 3 is 2.54 bits per heavy atom. The number of amides is 1. The Bertz CT molecular complexity index is 598. The number of carbonyl (C=O) groups is 2. The van der Waals surface area contributed by atoms with E-state index in [1.165, 1.54) is 0 Å². The average molecular weight is 350 g/mol. The molecule has 5 nitrogen and oxygen atoms in total. The number of carboxylic acid groups (broad SMARTS) is 1. The summed E-state index contributed by atoms with van der Waals surface area (Å²) in [5, 5.41) is 9.01. The van der Waals surface area contributed by atoms with Crippen molar-refractivity contribution in [2.45, 2.75) is 37.6 Å². The highest BCUT2D eigenvalue weighted by molar-refractivity contribution is 7.98. The first-order valence-corrected chi connectivity index (χ1v) is 9.58. The third-order valence-electron chi connectivity index (χ3n) is 4.69. The van der Waals surface area contributed by atoms with E-state index in [4.69, 9.17) is 5.11 Å². The molecule has 0 aromatic heterocycles. The second kappa shape index (κ2) is 8.53. The number of hydrogen-bond acceptors (Lipinski definition) is 4. The third-order valence-corrected chi connectivity index (χ3v) is 5.41. The highest BCUT2D eigenvalue weighted by Gasteiger charge is 2.28. The first-order chi connectivity index (χ1) is 11.5. The molecule has 1 saturated heterocycles. The largest absolute Gasteiger partial charge is 0.480 e. The van der Waals surface area contributed by atoms with Crippen molar-refractivity contribution < 1.29 is 14.7 Å². The fourth-order valence-electron chi connectivity index (χ4n) is 3.24. The van der Waals surface area contributed by atoms with Crippen molar-refractivity contribution in [2.75, 3.05) is 32.4 Å². The molecule has 1 aromatic carbocycles. The molecule has 0 atom stereocenters. The molecular formula is C18H26N2O3S. The van der Waals surface area contributed by atoms with Gasteiger partial charge in [0.05, 0.1) is 6.54 Å². The van der Waals surface area contributed by atoms with Crippen molar-refractivity contribution in [3.8, 4) is 0 Å². The van der Waals surface area contributed by atoms with Gasteiger partial charge in [-0.25, -0.2) is 0 Å². The highest BCUT2D eigenvalue weighted by atomic mass is 32.2. The predicted molar refractivity (Wildman–Crippen MR) is 96.8 cm³/mol. The fourth-order valence-corrected chi connectivity index (χ4v) is 3.68. The van der Waals surface area contributed by atoms with E-state index in [9.17, 15) is 9.59 Å². The van der Waals surface area contributed by atoms with Gasteiger partial charge in [0.15, 0.2) is 0 Å². The third kappa shape index (κ3) is 4.51. The first kappa shape index (κ1) is 18.8. The molecule has 0 aliphatic carbocycles. The Kier molecular flexibility index (Phi) is 6.69. The summed E-state index contributed by atoms with van der Waals surface area (Å²) in [5.74, 6) is -0.706. The van der Waals surface area contributed by atoms with Crippen molar-refractivity contribution in [2.24, 2.45) is 0 Å². The van der Waals surface area contributed by atoms with Gasteiger partial charge in [0, 0.05) is 29.6 Å². The monoisotopic (exact) mass is 350 g/mol. The molecule has 1 aliphatic rings. The molecule has 0 saturated carbocycles. The predicted octanol–water partition coefficient (Wildman–Crippen LogP) is 2.73. The van der Waals surface area contributed by atoms with Crippen LogP contribution in [-0.4, -0.2) is 65.3 Å². The summed E-state index contributed by atoms with van der Waals surface area (Å²) in [6, 6.07) is 6.25. The van der Waals surface area contributed by atoms with Crippen molar-refractivity contribution in [1.29, 1.82) is 0 Å². The Balaban J connectivity index is 2.01. The van der Waals surface area contributed by atoms with E-state index >= 15 is 0 Å². The maximum atomic E-state index is 12.8. The maximum absolute atomic E-state index is 12.8. The van der Waals surface area contributed by atoms with Gasteiger partial charge in [-0.15, -0.1) is 11.8 Å². The van der Waals surface area contributed by atoms with Gasteiger partial charge in [-0.2, -0.15) is 0 Å². The van der Waals surface area contributed by atoms with Crippen LogP contribution in [0, 0.1) is 6.92 Å². The standard InChI is InChI=1S/C18H26N2O3S/c1-4-19(12-17(21)22)14-7-9-20(10-8-14)18(23)16-11-15(24-3)6-5-13(16)2/h5-6,11,14H,4,7-10,12H2,1-3H3,(H,21,22). The van der Waals surface area contributed by atoms with Crippen LogP contribution in [0.5, 0.6) is 0 Å². The topological polar surface area (TPSA) is 60.9 Å². The molecule has 0 bridgehead atoms. The molecule has 1 N–H and O–H groups in total. The van der Waals surface area contributed by atoms with Crippen LogP contribution in [0.1, 0.15) is 35.7 Å². The summed E-state index contributed by atoms with van der Waals surface area (Å²) in [6.45, 7) is 6.11. The summed E-state index contributed by atoms with van der Waals surface area (Å²) in [5.41, 5.74) is 1.78. The lowest BCUT2D eigenvalue weighted by Crippen LogP contribution is -2.48. The molecule has 1 aromatic rings. The zero-order valence-corrected chi connectivity index (χ0v) is 15.4. The Hall–Kier alpha value is -1.53. The minimum Gasteiger partial charge on any atom is -0.480 e. The number of thioether (sulfide) groups is 1. The smallest absolute Gasteiger partial charge is 0.317 e. The molecule has 6 heteroatoms. The highest BCUT2D eigenvalue weighted by Crippen LogP contribution is 2.23. The normalized spacial score (nSPS) is 15.8. The number of aryl methyl sites for hydroxylation is 1. The number of rotatable bonds is 6. The van der Waals surface area contributed by atoms with Crippen LogP contribution in [-0.2, 0) is 4.79 Å². The van der Waals surface area contributed by atoms with Gasteiger partial charge in [0.1, 0.15) is 0 Å². The van der Waals surface area contributed by atoms with Crippen LogP contribution in [0.2, 0.25) is 0 Å². The van der Waals surface area contributed by atoms with Crippen LogP contribution >= 0.6 is 11.8 Å². The van der Waals surface area contributed by atoms with Crippen molar-refractivity contribution in [3.63, 3.8) is 0 Å². The van der Waals surface area contributed by atoms with E-state index in [-0.39, 0.29) is 18.5 Å². The number of carbonyl (C=O) groups excluding carboxylic acids is 1. The van der Waals surface area contributed by atoms with E-state index < -0.39 is 5.97 Å². The first-order valence-electron chi connectivity index (χ1n) is 8.36. The second-order valence-electron chi connectivity index (χ2n) is 6.16. The summed E-state index contributed by atoms with van der Waals surface area (Å²) in [6.07, 6.45) is 3.66. The van der Waals surface area contributed by atoms with Crippen LogP contribution < -0.4 is 0 Å². The van der Waals surface area contributed by atoms with Crippen LogP contribution in [0.4, 0.5) is 0 Å². The van der Waals surface area contributed by atoms with E-state index in [1.807, 2.05) is 48.1 Å². The molecule has 0 unspecified atom stereocenters. The van der Waals surface area contributed by atoms with Crippen LogP contribution in [0.25, 0.3) is 0 Å². The summed E-state index contributed by atoms with van der Waals surface area (Å²) >= 11 is 1.64. The lowest BCUT2D eigenvalue weighted by Gasteiger charge is -2.37. The number of carboxylic acids is 1. The number of aliphatic carboxylic acids is 1. The Morgan fingerprint density at radius 1 is 1.33 bits per heavy atom. The quantitative estimate of drug-likeness (QED) is 0.800. The van der Waals surface area contributed by atoms with E-state index in [0.717, 1.165) is 35.4 Å². The lowest BCUT2D eigenvalue weighted by molar-refractivity contribution is -0.139. The molecule has 1 aliphatic heterocycles. The second-order valence-corrected chi connectivity index (χ2v) is 7.04. The average Bonchev–Trinajstić information content (AvgIpc) is 2.59. The lowest BCUT2D eigenvalue weighted by atomic mass is 10.0. The van der Waals surface area contributed by atoms with Crippen molar-refractivity contribution in [1.82, 2.24) is 9.80 Å². The van der Waals surface area contributed by atoms with Gasteiger partial charge in [-0.3, -0.25) is 14.5 Å². The molecule has 24 heavy (non-hydrogen) atoms. The maximum Gasteiger partial charge on any atom is 0.317 e. The molecule has 132 valence electrons.